The lowest BCUT2D eigenvalue weighted by Gasteiger charge is -2.39. The maximum atomic E-state index is 3.43. The van der Waals surface area contributed by atoms with E-state index in [-0.39, 0.29) is 0 Å². The van der Waals surface area contributed by atoms with Crippen molar-refractivity contribution >= 4 is 0 Å². The van der Waals surface area contributed by atoms with Crippen LogP contribution in [0.1, 0.15) is 46.5 Å². The van der Waals surface area contributed by atoms with Crippen molar-refractivity contribution in [2.75, 3.05) is 13.1 Å². The van der Waals surface area contributed by atoms with Crippen molar-refractivity contribution in [3.05, 3.63) is 0 Å². The Bertz CT molecular complexity index is 121. The topological polar surface area (TPSA) is 12.0 Å². The molecule has 1 nitrogen and oxygen atoms in total. The Morgan fingerprint density at radius 2 is 1.67 bits per heavy atom. The lowest BCUT2D eigenvalue weighted by Crippen LogP contribution is -2.36. The summed E-state index contributed by atoms with van der Waals surface area (Å²) in [6.45, 7) is 9.61. The second-order valence-electron chi connectivity index (χ2n) is 4.39. The Morgan fingerprint density at radius 3 is 2.08 bits per heavy atom. The summed E-state index contributed by atoms with van der Waals surface area (Å²) in [4.78, 5) is 0. The predicted molar refractivity (Wildman–Crippen MR) is 54.3 cm³/mol. The van der Waals surface area contributed by atoms with E-state index in [4.69, 9.17) is 0 Å². The van der Waals surface area contributed by atoms with Gasteiger partial charge in [0.2, 0.25) is 0 Å². The Labute approximate surface area is 76.9 Å². The van der Waals surface area contributed by atoms with Crippen molar-refractivity contribution < 1.29 is 0 Å². The second-order valence-corrected chi connectivity index (χ2v) is 4.39. The maximum Gasteiger partial charge on any atom is -0.00461 e. The predicted octanol–water partition coefficient (Wildman–Crippen LogP) is 2.81. The number of nitrogens with one attached hydrogen (secondary N) is 1. The monoisotopic (exact) mass is 169 g/mol. The summed E-state index contributed by atoms with van der Waals surface area (Å²) >= 11 is 0. The Morgan fingerprint density at radius 1 is 1.17 bits per heavy atom. The van der Waals surface area contributed by atoms with Crippen LogP contribution in [0.4, 0.5) is 0 Å². The Balaban J connectivity index is 2.51. The van der Waals surface area contributed by atoms with E-state index in [1.807, 2.05) is 0 Å². The quantitative estimate of drug-likeness (QED) is 0.685. The summed E-state index contributed by atoms with van der Waals surface area (Å²) in [6, 6.07) is 0. The van der Waals surface area contributed by atoms with Crippen LogP contribution in [-0.2, 0) is 0 Å². The fourth-order valence-corrected chi connectivity index (χ4v) is 2.35. The Hall–Kier alpha value is -0.0400. The average Bonchev–Trinajstić information content (AvgIpc) is 2.18. The van der Waals surface area contributed by atoms with Gasteiger partial charge in [-0.3, -0.25) is 0 Å². The standard InChI is InChI=1S/C11H23N/c1-4-11(3,5-2)10-6-8-12-9-7-10/h10,12H,4-9H2,1-3H3. The van der Waals surface area contributed by atoms with Crippen LogP contribution in [0, 0.1) is 11.3 Å². The van der Waals surface area contributed by atoms with Gasteiger partial charge in [-0.2, -0.15) is 0 Å². The second kappa shape index (κ2) is 4.27. The molecule has 0 aliphatic carbocycles. The minimum absolute atomic E-state index is 0.613. The molecule has 0 spiro atoms. The highest BCUT2D eigenvalue weighted by atomic mass is 14.9. The molecule has 0 aromatic rings. The SMILES string of the molecule is CCC(C)(CC)C1CCNCC1. The largest absolute Gasteiger partial charge is 0.317 e. The molecule has 0 amide bonds. The van der Waals surface area contributed by atoms with Crippen molar-refractivity contribution in [2.45, 2.75) is 46.5 Å². The molecule has 1 fully saturated rings. The van der Waals surface area contributed by atoms with Gasteiger partial charge in [0.15, 0.2) is 0 Å². The third-order valence-electron chi connectivity index (χ3n) is 3.94. The highest BCUT2D eigenvalue weighted by Gasteiger charge is 2.31. The lowest BCUT2D eigenvalue weighted by atomic mass is 9.69. The van der Waals surface area contributed by atoms with Crippen LogP contribution in [0.3, 0.4) is 0 Å². The number of hydrogen-bond donors (Lipinski definition) is 1. The van der Waals surface area contributed by atoms with Gasteiger partial charge in [0, 0.05) is 0 Å². The first kappa shape index (κ1) is 10.0. The average molecular weight is 169 g/mol. The fourth-order valence-electron chi connectivity index (χ4n) is 2.35. The summed E-state index contributed by atoms with van der Waals surface area (Å²) < 4.78 is 0. The highest BCUT2D eigenvalue weighted by molar-refractivity contribution is 4.83. The fraction of sp³-hybridized carbons (Fsp3) is 1.00. The molecule has 1 heterocycles. The van der Waals surface area contributed by atoms with Crippen LogP contribution in [0.5, 0.6) is 0 Å². The minimum Gasteiger partial charge on any atom is -0.317 e. The molecule has 0 aromatic heterocycles. The minimum atomic E-state index is 0.613. The number of piperidine rings is 1. The van der Waals surface area contributed by atoms with Gasteiger partial charge >= 0.3 is 0 Å². The summed E-state index contributed by atoms with van der Waals surface area (Å²) in [5.74, 6) is 0.966. The molecule has 12 heavy (non-hydrogen) atoms. The molecule has 1 N–H and O–H groups in total. The molecule has 0 radical (unpaired) electrons. The summed E-state index contributed by atoms with van der Waals surface area (Å²) in [5.41, 5.74) is 0.613. The smallest absolute Gasteiger partial charge is 0.00461 e. The van der Waals surface area contributed by atoms with Crippen molar-refractivity contribution in [3.63, 3.8) is 0 Å². The van der Waals surface area contributed by atoms with E-state index in [0.29, 0.717) is 5.41 Å². The van der Waals surface area contributed by atoms with Gasteiger partial charge in [0.1, 0.15) is 0 Å². The molecule has 0 bridgehead atoms. The van der Waals surface area contributed by atoms with Crippen LogP contribution >= 0.6 is 0 Å². The molecule has 0 aromatic carbocycles. The zero-order valence-corrected chi connectivity index (χ0v) is 8.82. The van der Waals surface area contributed by atoms with Gasteiger partial charge in [-0.15, -0.1) is 0 Å². The van der Waals surface area contributed by atoms with Crippen LogP contribution in [0.25, 0.3) is 0 Å². The normalized spacial score (nSPS) is 21.2. The van der Waals surface area contributed by atoms with E-state index in [0.717, 1.165) is 5.92 Å². The van der Waals surface area contributed by atoms with E-state index in [1.165, 1.54) is 38.8 Å². The van der Waals surface area contributed by atoms with Gasteiger partial charge in [-0.1, -0.05) is 33.6 Å². The molecule has 1 aliphatic rings. The zero-order chi connectivity index (χ0) is 9.03. The van der Waals surface area contributed by atoms with E-state index < -0.39 is 0 Å². The molecular formula is C11H23N. The molecule has 0 saturated carbocycles. The van der Waals surface area contributed by atoms with E-state index >= 15 is 0 Å². The third-order valence-corrected chi connectivity index (χ3v) is 3.94. The van der Waals surface area contributed by atoms with Gasteiger partial charge in [-0.05, 0) is 37.3 Å². The summed E-state index contributed by atoms with van der Waals surface area (Å²) in [7, 11) is 0. The van der Waals surface area contributed by atoms with E-state index in [2.05, 4.69) is 26.1 Å². The van der Waals surface area contributed by atoms with Crippen LogP contribution < -0.4 is 5.32 Å². The lowest BCUT2D eigenvalue weighted by molar-refractivity contribution is 0.132. The van der Waals surface area contributed by atoms with Crippen LogP contribution in [-0.4, -0.2) is 13.1 Å². The number of hydrogen-bond acceptors (Lipinski definition) is 1. The molecule has 0 unspecified atom stereocenters. The molecular weight excluding hydrogens is 146 g/mol. The molecule has 1 aliphatic heterocycles. The summed E-state index contributed by atoms with van der Waals surface area (Å²) in [5, 5.41) is 3.43. The van der Waals surface area contributed by atoms with Crippen molar-refractivity contribution in [1.82, 2.24) is 5.32 Å². The van der Waals surface area contributed by atoms with Gasteiger partial charge in [0.05, 0.1) is 0 Å². The zero-order valence-electron chi connectivity index (χ0n) is 8.82. The van der Waals surface area contributed by atoms with Crippen molar-refractivity contribution in [2.24, 2.45) is 11.3 Å². The molecule has 1 heteroatoms. The van der Waals surface area contributed by atoms with Gasteiger partial charge in [0.25, 0.3) is 0 Å². The van der Waals surface area contributed by atoms with Crippen LogP contribution in [0.2, 0.25) is 0 Å². The third kappa shape index (κ3) is 2.01. The first-order valence-electron chi connectivity index (χ1n) is 5.43. The van der Waals surface area contributed by atoms with E-state index in [1.54, 1.807) is 0 Å². The maximum absolute atomic E-state index is 3.43. The van der Waals surface area contributed by atoms with Gasteiger partial charge < -0.3 is 5.32 Å². The van der Waals surface area contributed by atoms with Gasteiger partial charge in [-0.25, -0.2) is 0 Å². The Kier molecular flexibility index (Phi) is 3.57. The highest BCUT2D eigenvalue weighted by Crippen LogP contribution is 2.39. The first-order chi connectivity index (χ1) is 5.73. The van der Waals surface area contributed by atoms with E-state index in [9.17, 15) is 0 Å². The first-order valence-corrected chi connectivity index (χ1v) is 5.43. The molecule has 1 rings (SSSR count). The number of rotatable bonds is 3. The molecule has 1 saturated heterocycles. The molecule has 72 valence electrons. The van der Waals surface area contributed by atoms with Crippen molar-refractivity contribution in [1.29, 1.82) is 0 Å². The van der Waals surface area contributed by atoms with Crippen LogP contribution in [0.15, 0.2) is 0 Å². The van der Waals surface area contributed by atoms with Crippen molar-refractivity contribution in [3.8, 4) is 0 Å². The summed E-state index contributed by atoms with van der Waals surface area (Å²) in [6.07, 6.45) is 5.46. The molecule has 0 atom stereocenters.